The molecule has 0 aliphatic heterocycles. The minimum atomic E-state index is -4.11. The van der Waals surface area contributed by atoms with Gasteiger partial charge in [0.2, 0.25) is 10.0 Å². The second-order valence-electron chi connectivity index (χ2n) is 6.24. The molecule has 0 fully saturated rings. The molecule has 3 aromatic rings. The molecule has 0 heterocycles. The largest absolute Gasteiger partial charge is 0.321 e. The highest BCUT2D eigenvalue weighted by atomic mass is 35.5. The number of primary sulfonamides is 1. The highest BCUT2D eigenvalue weighted by Crippen LogP contribution is 2.27. The summed E-state index contributed by atoms with van der Waals surface area (Å²) in [4.78, 5) is 12.5. The van der Waals surface area contributed by atoms with Crippen LogP contribution < -0.4 is 15.2 Å². The molecule has 0 atom stereocenters. The van der Waals surface area contributed by atoms with Gasteiger partial charge in [-0.3, -0.25) is 9.52 Å². The van der Waals surface area contributed by atoms with E-state index in [-0.39, 0.29) is 31.8 Å². The van der Waals surface area contributed by atoms with E-state index >= 15 is 0 Å². The maximum Gasteiger partial charge on any atom is 0.261 e. The number of para-hydroxylation sites is 1. The molecule has 0 aliphatic carbocycles. The molecule has 0 saturated carbocycles. The lowest BCUT2D eigenvalue weighted by Crippen LogP contribution is -2.21. The van der Waals surface area contributed by atoms with Crippen LogP contribution in [0.25, 0.3) is 0 Å². The Labute approximate surface area is 189 Å². The van der Waals surface area contributed by atoms with Crippen LogP contribution >= 0.6 is 23.2 Å². The molecule has 3 rings (SSSR count). The number of rotatable bonds is 6. The number of halogens is 2. The zero-order valence-electron chi connectivity index (χ0n) is 15.5. The van der Waals surface area contributed by atoms with Gasteiger partial charge in [0.1, 0.15) is 4.90 Å². The number of nitrogens with two attached hydrogens (primary N) is 1. The lowest BCUT2D eigenvalue weighted by molar-refractivity contribution is 0.102. The predicted molar refractivity (Wildman–Crippen MR) is 119 cm³/mol. The topological polar surface area (TPSA) is 135 Å². The average molecular weight is 500 g/mol. The second-order valence-corrected chi connectivity index (χ2v) is 10.3. The molecule has 0 unspecified atom stereocenters. The maximum absolute atomic E-state index is 12.9. The summed E-state index contributed by atoms with van der Waals surface area (Å²) in [6.07, 6.45) is 0. The number of anilines is 2. The average Bonchev–Trinajstić information content (AvgIpc) is 2.69. The molecular weight excluding hydrogens is 485 g/mol. The first kappa shape index (κ1) is 23.0. The van der Waals surface area contributed by atoms with Gasteiger partial charge in [-0.1, -0.05) is 35.3 Å². The summed E-state index contributed by atoms with van der Waals surface area (Å²) >= 11 is 11.8. The molecule has 0 saturated heterocycles. The Morgan fingerprint density at radius 3 is 2.06 bits per heavy atom. The van der Waals surface area contributed by atoms with E-state index in [1.165, 1.54) is 66.7 Å². The molecule has 0 aliphatic rings. The minimum absolute atomic E-state index is 0.0649. The molecule has 3 aromatic carbocycles. The third-order valence-electron chi connectivity index (χ3n) is 4.04. The lowest BCUT2D eigenvalue weighted by atomic mass is 10.1. The minimum Gasteiger partial charge on any atom is -0.321 e. The summed E-state index contributed by atoms with van der Waals surface area (Å²) in [5.41, 5.74) is -0.263. The summed E-state index contributed by atoms with van der Waals surface area (Å²) in [6, 6.07) is 14.9. The molecule has 0 bridgehead atoms. The van der Waals surface area contributed by atoms with E-state index in [2.05, 4.69) is 10.0 Å². The van der Waals surface area contributed by atoms with E-state index in [0.29, 0.717) is 5.02 Å². The van der Waals surface area contributed by atoms with Crippen LogP contribution in [0.3, 0.4) is 0 Å². The number of benzene rings is 3. The van der Waals surface area contributed by atoms with Crippen molar-refractivity contribution in [2.75, 3.05) is 10.0 Å². The van der Waals surface area contributed by atoms with Gasteiger partial charge < -0.3 is 5.32 Å². The van der Waals surface area contributed by atoms with Crippen molar-refractivity contribution in [3.8, 4) is 0 Å². The normalized spacial score (nSPS) is 11.7. The van der Waals surface area contributed by atoms with E-state index in [4.69, 9.17) is 28.3 Å². The Bertz CT molecular complexity index is 1360. The zero-order valence-corrected chi connectivity index (χ0v) is 18.7. The van der Waals surface area contributed by atoms with Crippen LogP contribution in [0, 0.1) is 0 Å². The van der Waals surface area contributed by atoms with Gasteiger partial charge in [0.15, 0.2) is 0 Å². The van der Waals surface area contributed by atoms with Gasteiger partial charge in [0.05, 0.1) is 21.8 Å². The van der Waals surface area contributed by atoms with Crippen LogP contribution in [0.15, 0.2) is 76.5 Å². The number of carbonyl (C=O) groups is 1. The first-order valence-corrected chi connectivity index (χ1v) is 12.3. The van der Waals surface area contributed by atoms with E-state index in [9.17, 15) is 21.6 Å². The zero-order chi connectivity index (χ0) is 22.8. The van der Waals surface area contributed by atoms with Crippen LogP contribution in [0.1, 0.15) is 10.4 Å². The number of sulfonamides is 2. The molecular formula is C19H15Cl2N3O5S2. The van der Waals surface area contributed by atoms with E-state index in [1.54, 1.807) is 0 Å². The van der Waals surface area contributed by atoms with Crippen molar-refractivity contribution in [3.63, 3.8) is 0 Å². The fraction of sp³-hybridized carbons (Fsp3) is 0. The van der Waals surface area contributed by atoms with Crippen molar-refractivity contribution >= 4 is 60.5 Å². The molecule has 12 heteroatoms. The van der Waals surface area contributed by atoms with Crippen molar-refractivity contribution in [2.45, 2.75) is 9.79 Å². The Hall–Kier alpha value is -2.63. The number of nitrogens with one attached hydrogen (secondary N) is 2. The van der Waals surface area contributed by atoms with E-state index in [1.807, 2.05) is 0 Å². The third kappa shape index (κ3) is 5.54. The van der Waals surface area contributed by atoms with Crippen LogP contribution in [-0.2, 0) is 20.0 Å². The molecule has 4 N–H and O–H groups in total. The standard InChI is InChI=1S/C19H15Cl2N3O5S2/c20-12-5-8-14(9-6-12)31(28,29)24-16-10-7-13(21)11-15(16)19(25)23-17-3-1-2-4-18(17)30(22,26)27/h1-11,24H,(H,23,25)(H2,22,26,27). The number of carbonyl (C=O) groups excluding carboxylic acids is 1. The van der Waals surface area contributed by atoms with Crippen LogP contribution in [0.4, 0.5) is 11.4 Å². The second kappa shape index (κ2) is 8.85. The van der Waals surface area contributed by atoms with Gasteiger partial charge in [-0.25, -0.2) is 22.0 Å². The summed E-state index contributed by atoms with van der Waals surface area (Å²) in [5, 5.41) is 8.13. The van der Waals surface area contributed by atoms with Crippen LogP contribution in [0.2, 0.25) is 10.0 Å². The Morgan fingerprint density at radius 2 is 1.42 bits per heavy atom. The van der Waals surface area contributed by atoms with Crippen molar-refractivity contribution in [2.24, 2.45) is 5.14 Å². The summed E-state index contributed by atoms with van der Waals surface area (Å²) in [5.74, 6) is -0.799. The number of amides is 1. The number of hydrogen-bond donors (Lipinski definition) is 3. The van der Waals surface area contributed by atoms with Crippen LogP contribution in [-0.4, -0.2) is 22.7 Å². The van der Waals surface area contributed by atoms with Gasteiger partial charge in [-0.05, 0) is 54.6 Å². The molecule has 0 radical (unpaired) electrons. The van der Waals surface area contributed by atoms with Crippen LogP contribution in [0.5, 0.6) is 0 Å². The van der Waals surface area contributed by atoms with Crippen molar-refractivity contribution < 1.29 is 21.6 Å². The first-order valence-electron chi connectivity index (χ1n) is 8.48. The molecule has 0 aromatic heterocycles. The molecule has 31 heavy (non-hydrogen) atoms. The van der Waals surface area contributed by atoms with Crippen molar-refractivity contribution in [1.29, 1.82) is 0 Å². The fourth-order valence-electron chi connectivity index (χ4n) is 2.62. The summed E-state index contributed by atoms with van der Waals surface area (Å²) in [6.45, 7) is 0. The molecule has 1 amide bonds. The molecule has 0 spiro atoms. The van der Waals surface area contributed by atoms with E-state index in [0.717, 1.165) is 0 Å². The summed E-state index contributed by atoms with van der Waals surface area (Å²) in [7, 11) is -8.16. The van der Waals surface area contributed by atoms with E-state index < -0.39 is 26.0 Å². The monoisotopic (exact) mass is 499 g/mol. The van der Waals surface area contributed by atoms with Gasteiger partial charge in [0.25, 0.3) is 15.9 Å². The Balaban J connectivity index is 1.97. The van der Waals surface area contributed by atoms with Gasteiger partial charge in [0, 0.05) is 10.0 Å². The lowest BCUT2D eigenvalue weighted by Gasteiger charge is -2.14. The Kier molecular flexibility index (Phi) is 6.58. The highest BCUT2D eigenvalue weighted by Gasteiger charge is 2.21. The SMILES string of the molecule is NS(=O)(=O)c1ccccc1NC(=O)c1cc(Cl)ccc1NS(=O)(=O)c1ccc(Cl)cc1. The predicted octanol–water partition coefficient (Wildman–Crippen LogP) is 3.69. The molecule has 8 nitrogen and oxygen atoms in total. The highest BCUT2D eigenvalue weighted by molar-refractivity contribution is 7.92. The maximum atomic E-state index is 12.9. The molecule has 162 valence electrons. The first-order chi connectivity index (χ1) is 14.5. The quantitative estimate of drug-likeness (QED) is 0.474. The Morgan fingerprint density at radius 1 is 0.806 bits per heavy atom. The van der Waals surface area contributed by atoms with Crippen molar-refractivity contribution in [1.82, 2.24) is 0 Å². The fourth-order valence-corrected chi connectivity index (χ4v) is 4.69. The third-order valence-corrected chi connectivity index (χ3v) is 6.87. The number of hydrogen-bond acceptors (Lipinski definition) is 5. The van der Waals surface area contributed by atoms with Crippen molar-refractivity contribution in [3.05, 3.63) is 82.3 Å². The van der Waals surface area contributed by atoms with Gasteiger partial charge in [-0.15, -0.1) is 0 Å². The summed E-state index contributed by atoms with van der Waals surface area (Å²) < 4.78 is 51.3. The smallest absolute Gasteiger partial charge is 0.261 e. The van der Waals surface area contributed by atoms with Gasteiger partial charge >= 0.3 is 0 Å². The van der Waals surface area contributed by atoms with Gasteiger partial charge in [-0.2, -0.15) is 0 Å².